The summed E-state index contributed by atoms with van der Waals surface area (Å²) in [5.74, 6) is 0.266. The number of hydrogen-bond acceptors (Lipinski definition) is 3. The van der Waals surface area contributed by atoms with Crippen molar-refractivity contribution < 1.29 is 9.90 Å². The minimum atomic E-state index is -0.0754. The molecule has 0 unspecified atom stereocenters. The van der Waals surface area contributed by atoms with Crippen molar-refractivity contribution in [2.45, 2.75) is 38.5 Å². The van der Waals surface area contributed by atoms with Crippen LogP contribution >= 0.6 is 31.9 Å². The summed E-state index contributed by atoms with van der Waals surface area (Å²) in [5, 5.41) is 13.8. The number of phenols is 1. The molecule has 4 nitrogen and oxygen atoms in total. The van der Waals surface area contributed by atoms with E-state index in [1.165, 1.54) is 17.3 Å². The highest BCUT2D eigenvalue weighted by atomic mass is 79.9. The molecule has 2 N–H and O–H groups in total. The van der Waals surface area contributed by atoms with Crippen LogP contribution < -0.4 is 5.43 Å². The predicted octanol–water partition coefficient (Wildman–Crippen LogP) is 5.47. The molecule has 1 aliphatic carbocycles. The second-order valence-corrected chi connectivity index (χ2v) is 9.59. The van der Waals surface area contributed by atoms with Crippen LogP contribution in [0.2, 0.25) is 0 Å². The van der Waals surface area contributed by atoms with Gasteiger partial charge in [0.05, 0.1) is 10.7 Å². The van der Waals surface area contributed by atoms with Gasteiger partial charge in [-0.05, 0) is 56.9 Å². The molecular formula is C21H22Br2N2O2. The number of carbonyl (C=O) groups excluding carboxylic acids is 1. The van der Waals surface area contributed by atoms with Crippen molar-refractivity contribution in [3.05, 3.63) is 62.0 Å². The predicted molar refractivity (Wildman–Crippen MR) is 115 cm³/mol. The van der Waals surface area contributed by atoms with Crippen LogP contribution in [0.1, 0.15) is 49.8 Å². The molecule has 0 spiro atoms. The van der Waals surface area contributed by atoms with E-state index in [0.717, 1.165) is 10.9 Å². The van der Waals surface area contributed by atoms with E-state index in [4.69, 9.17) is 0 Å². The van der Waals surface area contributed by atoms with Gasteiger partial charge in [-0.2, -0.15) is 5.10 Å². The number of rotatable bonds is 4. The zero-order valence-electron chi connectivity index (χ0n) is 15.5. The Labute approximate surface area is 176 Å². The fourth-order valence-electron chi connectivity index (χ4n) is 2.98. The van der Waals surface area contributed by atoms with E-state index in [9.17, 15) is 9.90 Å². The molecule has 1 saturated carbocycles. The first-order valence-corrected chi connectivity index (χ1v) is 10.4. The van der Waals surface area contributed by atoms with Crippen molar-refractivity contribution in [1.82, 2.24) is 5.43 Å². The van der Waals surface area contributed by atoms with Gasteiger partial charge in [-0.3, -0.25) is 4.79 Å². The van der Waals surface area contributed by atoms with E-state index in [1.54, 1.807) is 12.1 Å². The van der Waals surface area contributed by atoms with Crippen molar-refractivity contribution in [2.24, 2.45) is 11.0 Å². The first kappa shape index (κ1) is 20.1. The molecular weight excluding hydrogens is 472 g/mol. The van der Waals surface area contributed by atoms with Gasteiger partial charge < -0.3 is 5.11 Å². The standard InChI is InChI=1S/C21H22Br2N2O2/c1-21(2,3)14-6-4-12(5-7-14)15-9-16(15)20(27)25-24-11-13-8-19(26)18(23)10-17(13)22/h4-8,10-11,15-16,26H,9H2,1-3H3,(H,25,27)/b24-11+/t15-,16+/m1/s1. The first-order valence-electron chi connectivity index (χ1n) is 8.78. The van der Waals surface area contributed by atoms with Gasteiger partial charge in [-0.25, -0.2) is 5.43 Å². The minimum Gasteiger partial charge on any atom is -0.507 e. The molecule has 0 saturated heterocycles. The van der Waals surface area contributed by atoms with Crippen molar-refractivity contribution >= 4 is 44.0 Å². The molecule has 0 aliphatic heterocycles. The average Bonchev–Trinajstić information content (AvgIpc) is 3.39. The normalized spacial score (nSPS) is 19.3. The number of nitrogens with one attached hydrogen (secondary N) is 1. The smallest absolute Gasteiger partial charge is 0.243 e. The van der Waals surface area contributed by atoms with Crippen LogP contribution in [0.25, 0.3) is 0 Å². The zero-order chi connectivity index (χ0) is 19.8. The number of nitrogens with zero attached hydrogens (tertiary/aromatic N) is 1. The van der Waals surface area contributed by atoms with Crippen LogP contribution in [0.3, 0.4) is 0 Å². The molecule has 2 atom stereocenters. The number of aromatic hydroxyl groups is 1. The molecule has 2 aromatic rings. The van der Waals surface area contributed by atoms with Crippen LogP contribution in [0.4, 0.5) is 0 Å². The lowest BCUT2D eigenvalue weighted by molar-refractivity contribution is -0.122. The summed E-state index contributed by atoms with van der Waals surface area (Å²) in [6.45, 7) is 6.57. The highest BCUT2D eigenvalue weighted by molar-refractivity contribution is 9.11. The van der Waals surface area contributed by atoms with Gasteiger partial charge in [0, 0.05) is 16.0 Å². The summed E-state index contributed by atoms with van der Waals surface area (Å²) < 4.78 is 1.36. The number of hydrogen-bond donors (Lipinski definition) is 2. The summed E-state index contributed by atoms with van der Waals surface area (Å²) in [4.78, 5) is 12.3. The largest absolute Gasteiger partial charge is 0.507 e. The van der Waals surface area contributed by atoms with E-state index in [2.05, 4.69) is 87.4 Å². The Kier molecular flexibility index (Phi) is 5.77. The van der Waals surface area contributed by atoms with Crippen LogP contribution in [0.15, 0.2) is 50.4 Å². The van der Waals surface area contributed by atoms with Gasteiger partial charge in [-0.15, -0.1) is 0 Å². The highest BCUT2D eigenvalue weighted by Gasteiger charge is 2.44. The molecule has 2 aromatic carbocycles. The fraction of sp³-hybridized carbons (Fsp3) is 0.333. The van der Waals surface area contributed by atoms with E-state index in [-0.39, 0.29) is 28.9 Å². The van der Waals surface area contributed by atoms with Crippen LogP contribution in [0.5, 0.6) is 5.75 Å². The second-order valence-electron chi connectivity index (χ2n) is 7.88. The van der Waals surface area contributed by atoms with Crippen LogP contribution in [-0.4, -0.2) is 17.2 Å². The molecule has 3 rings (SSSR count). The lowest BCUT2D eigenvalue weighted by atomic mass is 9.86. The maximum Gasteiger partial charge on any atom is 0.243 e. The first-order chi connectivity index (χ1) is 12.7. The van der Waals surface area contributed by atoms with E-state index < -0.39 is 0 Å². The Hall–Kier alpha value is -1.66. The average molecular weight is 494 g/mol. The number of halogens is 2. The second kappa shape index (κ2) is 7.76. The van der Waals surface area contributed by atoms with Gasteiger partial charge in [-0.1, -0.05) is 61.0 Å². The van der Waals surface area contributed by atoms with Crippen LogP contribution in [-0.2, 0) is 10.2 Å². The third-order valence-electron chi connectivity index (χ3n) is 4.78. The quantitative estimate of drug-likeness (QED) is 0.438. The molecule has 0 bridgehead atoms. The summed E-state index contributed by atoms with van der Waals surface area (Å²) in [5.41, 5.74) is 5.91. The summed E-state index contributed by atoms with van der Waals surface area (Å²) >= 11 is 6.65. The molecule has 0 radical (unpaired) electrons. The maximum absolute atomic E-state index is 12.3. The molecule has 142 valence electrons. The number of phenolic OH excluding ortho intramolecular Hbond substituents is 1. The van der Waals surface area contributed by atoms with E-state index in [0.29, 0.717) is 10.0 Å². The van der Waals surface area contributed by atoms with Gasteiger partial charge in [0.1, 0.15) is 5.75 Å². The van der Waals surface area contributed by atoms with Gasteiger partial charge in [0.25, 0.3) is 0 Å². The Balaban J connectivity index is 1.58. The van der Waals surface area contributed by atoms with Crippen molar-refractivity contribution in [3.8, 4) is 5.75 Å². The topological polar surface area (TPSA) is 61.7 Å². The molecule has 6 heteroatoms. The molecule has 1 amide bonds. The van der Waals surface area contributed by atoms with Crippen molar-refractivity contribution in [2.75, 3.05) is 0 Å². The maximum atomic E-state index is 12.3. The minimum absolute atomic E-state index is 0.0376. The summed E-state index contributed by atoms with van der Waals surface area (Å²) in [7, 11) is 0. The summed E-state index contributed by atoms with van der Waals surface area (Å²) in [6, 6.07) is 11.9. The number of carbonyl (C=O) groups is 1. The Morgan fingerprint density at radius 2 is 1.85 bits per heavy atom. The SMILES string of the molecule is CC(C)(C)c1ccc([C@H]2C[C@@H]2C(=O)N/N=C/c2cc(O)c(Br)cc2Br)cc1. The van der Waals surface area contributed by atoms with E-state index >= 15 is 0 Å². The Morgan fingerprint density at radius 1 is 1.19 bits per heavy atom. The van der Waals surface area contributed by atoms with Crippen molar-refractivity contribution in [1.29, 1.82) is 0 Å². The third-order valence-corrected chi connectivity index (χ3v) is 6.10. The molecule has 27 heavy (non-hydrogen) atoms. The lowest BCUT2D eigenvalue weighted by Gasteiger charge is -2.19. The monoisotopic (exact) mass is 492 g/mol. The Morgan fingerprint density at radius 3 is 2.48 bits per heavy atom. The number of amides is 1. The van der Waals surface area contributed by atoms with Gasteiger partial charge in [0.15, 0.2) is 0 Å². The van der Waals surface area contributed by atoms with E-state index in [1.807, 2.05) is 0 Å². The number of benzene rings is 2. The van der Waals surface area contributed by atoms with Crippen molar-refractivity contribution in [3.63, 3.8) is 0 Å². The molecule has 1 fully saturated rings. The summed E-state index contributed by atoms with van der Waals surface area (Å²) in [6.07, 6.45) is 2.36. The molecule has 1 aliphatic rings. The third kappa shape index (κ3) is 4.79. The zero-order valence-corrected chi connectivity index (χ0v) is 18.6. The highest BCUT2D eigenvalue weighted by Crippen LogP contribution is 2.47. The Bertz CT molecular complexity index is 886. The fourth-order valence-corrected chi connectivity index (χ4v) is 4.08. The lowest BCUT2D eigenvalue weighted by Crippen LogP contribution is -2.20. The van der Waals surface area contributed by atoms with Gasteiger partial charge >= 0.3 is 0 Å². The molecule has 0 aromatic heterocycles. The molecule has 0 heterocycles. The van der Waals surface area contributed by atoms with Crippen LogP contribution in [0, 0.1) is 5.92 Å². The number of hydrazone groups is 1. The van der Waals surface area contributed by atoms with Gasteiger partial charge in [0.2, 0.25) is 5.91 Å².